The molecule has 53 heavy (non-hydrogen) atoms. The van der Waals surface area contributed by atoms with E-state index in [1.165, 1.54) is 0 Å². The molecule has 7 heteroatoms. The SMILES string of the molecule is O=c1c2nc3ccccc3n2c2cc(-c3ccc4c(c3)c3ccccc3n4-c3nc(-c4ccccc4)c4ccccc4n3)ccc2n1-c1ccccc1. The third-order valence-corrected chi connectivity index (χ3v) is 10.3. The van der Waals surface area contributed by atoms with E-state index in [4.69, 9.17) is 15.0 Å². The van der Waals surface area contributed by atoms with Gasteiger partial charge in [-0.25, -0.2) is 15.0 Å². The van der Waals surface area contributed by atoms with E-state index in [0.717, 1.165) is 82.8 Å². The van der Waals surface area contributed by atoms with Crippen molar-refractivity contribution in [2.45, 2.75) is 0 Å². The predicted molar refractivity (Wildman–Crippen MR) is 214 cm³/mol. The first-order valence-corrected chi connectivity index (χ1v) is 17.6. The number of hydrogen-bond donors (Lipinski definition) is 0. The van der Waals surface area contributed by atoms with Crippen LogP contribution in [-0.4, -0.2) is 28.5 Å². The molecule has 0 saturated carbocycles. The molecule has 0 amide bonds. The number of nitrogens with zero attached hydrogens (tertiary/aromatic N) is 6. The summed E-state index contributed by atoms with van der Waals surface area (Å²) in [6, 6.07) is 57.5. The largest absolute Gasteiger partial charge is 0.299 e. The first-order chi connectivity index (χ1) is 26.2. The van der Waals surface area contributed by atoms with E-state index in [1.54, 1.807) is 4.57 Å². The Bertz CT molecular complexity index is 3310. The molecule has 0 unspecified atom stereocenters. The molecule has 11 rings (SSSR count). The summed E-state index contributed by atoms with van der Waals surface area (Å²) in [6.45, 7) is 0. The van der Waals surface area contributed by atoms with Crippen LogP contribution in [0.3, 0.4) is 0 Å². The normalized spacial score (nSPS) is 11.8. The Balaban J connectivity index is 1.15. The smallest absolute Gasteiger partial charge is 0.286 e. The van der Waals surface area contributed by atoms with Crippen LogP contribution >= 0.6 is 0 Å². The lowest BCUT2D eigenvalue weighted by molar-refractivity contribution is 1.01. The van der Waals surface area contributed by atoms with Gasteiger partial charge in [0, 0.05) is 27.4 Å². The van der Waals surface area contributed by atoms with Crippen LogP contribution in [0.2, 0.25) is 0 Å². The van der Waals surface area contributed by atoms with E-state index >= 15 is 0 Å². The third-order valence-electron chi connectivity index (χ3n) is 10.3. The van der Waals surface area contributed by atoms with Gasteiger partial charge in [0.05, 0.1) is 44.3 Å². The Hall–Kier alpha value is -7.38. The van der Waals surface area contributed by atoms with Crippen LogP contribution in [-0.2, 0) is 0 Å². The Labute approximate surface area is 302 Å². The second kappa shape index (κ2) is 11.3. The van der Waals surface area contributed by atoms with Crippen LogP contribution < -0.4 is 5.56 Å². The minimum Gasteiger partial charge on any atom is -0.286 e. The van der Waals surface area contributed by atoms with Crippen LogP contribution in [0.15, 0.2) is 175 Å². The van der Waals surface area contributed by atoms with E-state index < -0.39 is 0 Å². The van der Waals surface area contributed by atoms with Crippen molar-refractivity contribution in [3.05, 3.63) is 180 Å². The van der Waals surface area contributed by atoms with E-state index in [-0.39, 0.29) is 5.56 Å². The number of hydrogen-bond acceptors (Lipinski definition) is 4. The van der Waals surface area contributed by atoms with Crippen molar-refractivity contribution in [3.63, 3.8) is 0 Å². The highest BCUT2D eigenvalue weighted by molar-refractivity contribution is 6.10. The van der Waals surface area contributed by atoms with Crippen molar-refractivity contribution in [2.75, 3.05) is 0 Å². The molecule has 0 N–H and O–H groups in total. The fourth-order valence-electron chi connectivity index (χ4n) is 7.88. The minimum absolute atomic E-state index is 0.159. The summed E-state index contributed by atoms with van der Waals surface area (Å²) in [7, 11) is 0. The summed E-state index contributed by atoms with van der Waals surface area (Å²) in [4.78, 5) is 29.3. The first-order valence-electron chi connectivity index (χ1n) is 17.6. The summed E-state index contributed by atoms with van der Waals surface area (Å²) in [5, 5.41) is 3.23. The highest BCUT2D eigenvalue weighted by atomic mass is 16.1. The van der Waals surface area contributed by atoms with Gasteiger partial charge in [0.25, 0.3) is 5.56 Å². The zero-order chi connectivity index (χ0) is 35.0. The number of para-hydroxylation sites is 5. The molecule has 0 aliphatic heterocycles. The van der Waals surface area contributed by atoms with Crippen LogP contribution in [0.4, 0.5) is 0 Å². The van der Waals surface area contributed by atoms with Crippen LogP contribution in [0.1, 0.15) is 0 Å². The minimum atomic E-state index is -0.159. The summed E-state index contributed by atoms with van der Waals surface area (Å²) in [5.74, 6) is 0.625. The molecule has 0 radical (unpaired) electrons. The number of fused-ring (bicyclic) bond motifs is 9. The van der Waals surface area contributed by atoms with Crippen LogP contribution in [0, 0.1) is 0 Å². The molecule has 7 nitrogen and oxygen atoms in total. The molecular formula is C46H28N6O. The second-order valence-electron chi connectivity index (χ2n) is 13.3. The summed E-state index contributed by atoms with van der Waals surface area (Å²) in [5.41, 5.74) is 11.4. The maximum absolute atomic E-state index is 14.1. The van der Waals surface area contributed by atoms with E-state index in [1.807, 2.05) is 89.3 Å². The summed E-state index contributed by atoms with van der Waals surface area (Å²) in [6.07, 6.45) is 0. The lowest BCUT2D eigenvalue weighted by Gasteiger charge is -2.14. The first kappa shape index (κ1) is 29.4. The van der Waals surface area contributed by atoms with E-state index in [2.05, 4.69) is 89.5 Å². The van der Waals surface area contributed by atoms with Gasteiger partial charge in [-0.05, 0) is 71.8 Å². The highest BCUT2D eigenvalue weighted by Crippen LogP contribution is 2.37. The number of benzene rings is 7. The van der Waals surface area contributed by atoms with E-state index in [9.17, 15) is 4.79 Å². The summed E-state index contributed by atoms with van der Waals surface area (Å²) >= 11 is 0. The van der Waals surface area contributed by atoms with Gasteiger partial charge < -0.3 is 0 Å². The van der Waals surface area contributed by atoms with Gasteiger partial charge in [-0.1, -0.05) is 109 Å². The highest BCUT2D eigenvalue weighted by Gasteiger charge is 2.20. The number of aromatic nitrogens is 6. The van der Waals surface area contributed by atoms with Crippen molar-refractivity contribution in [1.82, 2.24) is 28.5 Å². The average Bonchev–Trinajstić information content (AvgIpc) is 3.78. The maximum Gasteiger partial charge on any atom is 0.299 e. The Morgan fingerprint density at radius 2 is 1.02 bits per heavy atom. The van der Waals surface area contributed by atoms with Gasteiger partial charge in [-0.3, -0.25) is 18.3 Å². The van der Waals surface area contributed by atoms with Gasteiger partial charge in [-0.2, -0.15) is 0 Å². The van der Waals surface area contributed by atoms with Crippen molar-refractivity contribution in [2.24, 2.45) is 0 Å². The monoisotopic (exact) mass is 680 g/mol. The van der Waals surface area contributed by atoms with Crippen molar-refractivity contribution >= 4 is 60.4 Å². The topological polar surface area (TPSA) is 70.0 Å². The fraction of sp³-hybridized carbons (Fsp3) is 0. The Morgan fingerprint density at radius 3 is 1.83 bits per heavy atom. The van der Waals surface area contributed by atoms with Crippen molar-refractivity contribution in [3.8, 4) is 34.0 Å². The molecule has 0 aliphatic rings. The van der Waals surface area contributed by atoms with Gasteiger partial charge >= 0.3 is 0 Å². The standard InChI is InChI=1S/C46H28N6O/c53-45-44-47-37-20-10-12-22-40(37)51(44)42-28-31(24-26-41(42)50(45)32-15-5-2-6-16-32)30-23-25-39-35(27-30)33-17-8-11-21-38(33)52(39)46-48-36-19-9-7-18-34(36)43(49-46)29-13-3-1-4-14-29/h1-28H. The van der Waals surface area contributed by atoms with Crippen molar-refractivity contribution < 1.29 is 0 Å². The molecule has 0 aliphatic carbocycles. The molecule has 7 aromatic carbocycles. The van der Waals surface area contributed by atoms with Crippen molar-refractivity contribution in [1.29, 1.82) is 0 Å². The Morgan fingerprint density at radius 1 is 0.396 bits per heavy atom. The summed E-state index contributed by atoms with van der Waals surface area (Å²) < 4.78 is 5.94. The lowest BCUT2D eigenvalue weighted by Crippen LogP contribution is -2.21. The molecule has 248 valence electrons. The molecular weight excluding hydrogens is 653 g/mol. The number of rotatable bonds is 4. The number of imidazole rings is 1. The van der Waals surface area contributed by atoms with Gasteiger partial charge in [-0.15, -0.1) is 0 Å². The van der Waals surface area contributed by atoms with Gasteiger partial charge in [0.2, 0.25) is 11.6 Å². The fourth-order valence-corrected chi connectivity index (χ4v) is 7.88. The molecule has 4 aromatic heterocycles. The molecule has 0 spiro atoms. The molecule has 0 saturated heterocycles. The molecule has 4 heterocycles. The molecule has 0 fully saturated rings. The predicted octanol–water partition coefficient (Wildman–Crippen LogP) is 10.2. The van der Waals surface area contributed by atoms with Gasteiger partial charge in [0.15, 0.2) is 0 Å². The maximum atomic E-state index is 14.1. The van der Waals surface area contributed by atoms with Gasteiger partial charge in [0.1, 0.15) is 0 Å². The quantitative estimate of drug-likeness (QED) is 0.186. The third kappa shape index (κ3) is 4.41. The average molecular weight is 681 g/mol. The van der Waals surface area contributed by atoms with Crippen LogP contribution in [0.5, 0.6) is 0 Å². The second-order valence-corrected chi connectivity index (χ2v) is 13.3. The van der Waals surface area contributed by atoms with E-state index in [0.29, 0.717) is 11.6 Å². The molecule has 11 aromatic rings. The zero-order valence-electron chi connectivity index (χ0n) is 28.3. The molecule has 0 atom stereocenters. The lowest BCUT2D eigenvalue weighted by atomic mass is 10.0. The Kier molecular flexibility index (Phi) is 6.27. The molecule has 0 bridgehead atoms. The zero-order valence-corrected chi connectivity index (χ0v) is 28.3. The van der Waals surface area contributed by atoms with Crippen LogP contribution in [0.25, 0.3) is 94.4 Å².